The first-order valence-corrected chi connectivity index (χ1v) is 11.8. The Morgan fingerprint density at radius 2 is 0.844 bits per heavy atom. The van der Waals surface area contributed by atoms with Gasteiger partial charge in [-0.05, 0) is 45.9 Å². The number of rotatable bonds is 2. The largest absolute Gasteiger partial charge is 0.469 e. The third-order valence-corrected chi connectivity index (χ3v) is 9.76. The van der Waals surface area contributed by atoms with Gasteiger partial charge in [-0.15, -0.1) is 0 Å². The van der Waals surface area contributed by atoms with Crippen molar-refractivity contribution in [1.82, 2.24) is 0 Å². The van der Waals surface area contributed by atoms with E-state index in [1.54, 1.807) is 0 Å². The molecule has 0 amide bonds. The highest BCUT2D eigenvalue weighted by Crippen LogP contribution is 2.82. The van der Waals surface area contributed by atoms with Crippen LogP contribution in [0.15, 0.2) is 59.7 Å². The number of hydrogen-bond donors (Lipinski definition) is 0. The summed E-state index contributed by atoms with van der Waals surface area (Å²) in [7, 11) is 3.04. The molecule has 32 heavy (non-hydrogen) atoms. The highest BCUT2D eigenvalue weighted by molar-refractivity contribution is 5.83. The fourth-order valence-corrected chi connectivity index (χ4v) is 8.93. The molecule has 0 radical (unpaired) electrons. The van der Waals surface area contributed by atoms with Crippen molar-refractivity contribution in [3.05, 3.63) is 81.9 Å². The first-order valence-electron chi connectivity index (χ1n) is 11.8. The summed E-state index contributed by atoms with van der Waals surface area (Å²) in [4.78, 5) is 25.5. The van der Waals surface area contributed by atoms with Gasteiger partial charge in [0.05, 0.1) is 26.1 Å². The zero-order chi connectivity index (χ0) is 21.5. The van der Waals surface area contributed by atoms with Gasteiger partial charge in [-0.2, -0.15) is 0 Å². The van der Waals surface area contributed by atoms with E-state index in [1.165, 1.54) is 47.6 Å². The van der Waals surface area contributed by atoms with E-state index < -0.39 is 0 Å². The number of ether oxygens (including phenoxy) is 2. The van der Waals surface area contributed by atoms with Crippen LogP contribution in [0.5, 0.6) is 0 Å². The van der Waals surface area contributed by atoms with Crippen LogP contribution in [0.1, 0.15) is 45.9 Å². The molecule has 4 bridgehead atoms. The minimum absolute atomic E-state index is 0.0109. The summed E-state index contributed by atoms with van der Waals surface area (Å²) in [5, 5.41) is 0. The van der Waals surface area contributed by atoms with Gasteiger partial charge in [-0.1, -0.05) is 59.7 Å². The van der Waals surface area contributed by atoms with Gasteiger partial charge in [-0.25, -0.2) is 0 Å². The third-order valence-electron chi connectivity index (χ3n) is 9.76. The summed E-state index contributed by atoms with van der Waals surface area (Å²) in [6.07, 6.45) is 0. The minimum Gasteiger partial charge on any atom is -0.469 e. The molecule has 4 nitrogen and oxygen atoms in total. The van der Waals surface area contributed by atoms with E-state index in [9.17, 15) is 9.59 Å². The summed E-state index contributed by atoms with van der Waals surface area (Å²) in [6, 6.07) is 17.6. The maximum absolute atomic E-state index is 12.8. The second kappa shape index (κ2) is 5.54. The lowest BCUT2D eigenvalue weighted by molar-refractivity contribution is -0.143. The van der Waals surface area contributed by atoms with Crippen molar-refractivity contribution in [2.45, 2.75) is 23.7 Å². The van der Waals surface area contributed by atoms with Gasteiger partial charge in [0, 0.05) is 23.7 Å². The second-order valence-electron chi connectivity index (χ2n) is 10.5. The van der Waals surface area contributed by atoms with Crippen molar-refractivity contribution in [3.8, 4) is 0 Å². The lowest BCUT2D eigenvalue weighted by atomic mass is 9.51. The Morgan fingerprint density at radius 3 is 1.09 bits per heavy atom. The van der Waals surface area contributed by atoms with Gasteiger partial charge in [0.25, 0.3) is 0 Å². The molecule has 2 aromatic carbocycles. The molecule has 0 saturated heterocycles. The SMILES string of the molecule is COC(=O)C1[C@@H]2[C@H]1[C@@H]1C3=C([C@@H]4c5ccccc5[C@H]3[C@@H]3C(C(=O)OC)[C@@H]34)[C@H]2c2ccccc21. The molecule has 2 aromatic rings. The van der Waals surface area contributed by atoms with E-state index in [0.29, 0.717) is 23.7 Å². The van der Waals surface area contributed by atoms with E-state index in [-0.39, 0.29) is 47.4 Å². The molecule has 10 rings (SSSR count). The van der Waals surface area contributed by atoms with Gasteiger partial charge >= 0.3 is 11.9 Å². The van der Waals surface area contributed by atoms with Crippen molar-refractivity contribution < 1.29 is 19.1 Å². The maximum Gasteiger partial charge on any atom is 0.309 e. The molecule has 8 aliphatic rings. The molecule has 0 aromatic heterocycles. The molecule has 4 heteroatoms. The molecular weight excluding hydrogens is 400 g/mol. The summed E-state index contributed by atoms with van der Waals surface area (Å²) < 4.78 is 10.5. The quantitative estimate of drug-likeness (QED) is 0.537. The predicted molar refractivity (Wildman–Crippen MR) is 116 cm³/mol. The standard InChI is InChI=1S/C28H24O4/c1-31-27(29)25-21-15-11-7-3-4-8-12(11)16(22(21)25)20-18-14-10-6-5-9-13(14)17(19(15)20)23-24(18)26(23)28(30)32-2/h3-10,15-18,21-26H,1-2H3/t15-,16+,17+,18-,21+,22-,23-,24+,25?,26?. The zero-order valence-corrected chi connectivity index (χ0v) is 18.0. The fraction of sp³-hybridized carbons (Fsp3) is 0.429. The van der Waals surface area contributed by atoms with Crippen molar-refractivity contribution in [2.75, 3.05) is 14.2 Å². The van der Waals surface area contributed by atoms with E-state index >= 15 is 0 Å². The Hall–Kier alpha value is -2.88. The topological polar surface area (TPSA) is 52.6 Å². The van der Waals surface area contributed by atoms with Crippen LogP contribution in [-0.2, 0) is 19.1 Å². The molecule has 0 N–H and O–H groups in total. The van der Waals surface area contributed by atoms with E-state index in [4.69, 9.17) is 9.47 Å². The van der Waals surface area contributed by atoms with Crippen LogP contribution in [0.25, 0.3) is 0 Å². The summed E-state index contributed by atoms with van der Waals surface area (Å²) in [6.45, 7) is 0. The van der Waals surface area contributed by atoms with Crippen LogP contribution in [0.4, 0.5) is 0 Å². The summed E-state index contributed by atoms with van der Waals surface area (Å²) >= 11 is 0. The Morgan fingerprint density at radius 1 is 0.562 bits per heavy atom. The highest BCUT2D eigenvalue weighted by Gasteiger charge is 2.77. The smallest absolute Gasteiger partial charge is 0.309 e. The minimum atomic E-state index is -0.0508. The fourth-order valence-electron chi connectivity index (χ4n) is 8.93. The number of methoxy groups -OCH3 is 2. The highest BCUT2D eigenvalue weighted by atomic mass is 16.5. The van der Waals surface area contributed by atoms with Crippen molar-refractivity contribution in [2.24, 2.45) is 35.5 Å². The van der Waals surface area contributed by atoms with Crippen molar-refractivity contribution in [1.29, 1.82) is 0 Å². The van der Waals surface area contributed by atoms with Gasteiger partial charge in [0.15, 0.2) is 0 Å². The molecule has 160 valence electrons. The molecule has 2 saturated carbocycles. The number of esters is 2. The normalized spacial score (nSPS) is 42.2. The van der Waals surface area contributed by atoms with Crippen LogP contribution in [0, 0.1) is 35.5 Å². The zero-order valence-electron chi connectivity index (χ0n) is 18.0. The number of hydrogen-bond acceptors (Lipinski definition) is 4. The van der Waals surface area contributed by atoms with Gasteiger partial charge in [-0.3, -0.25) is 9.59 Å². The van der Waals surface area contributed by atoms with Gasteiger partial charge in [0.2, 0.25) is 0 Å². The summed E-state index contributed by atoms with van der Waals surface area (Å²) in [5.41, 5.74) is 8.69. The number of benzene rings is 2. The van der Waals surface area contributed by atoms with Crippen LogP contribution < -0.4 is 0 Å². The summed E-state index contributed by atoms with van der Waals surface area (Å²) in [5.74, 6) is 2.27. The molecule has 2 fully saturated rings. The Balaban J connectivity index is 1.36. The lowest BCUT2D eigenvalue weighted by Gasteiger charge is -2.52. The second-order valence-corrected chi connectivity index (χ2v) is 10.5. The lowest BCUT2D eigenvalue weighted by Crippen LogP contribution is -2.39. The predicted octanol–water partition coefficient (Wildman–Crippen LogP) is 4.14. The first kappa shape index (κ1) is 17.6. The third kappa shape index (κ3) is 1.74. The van der Waals surface area contributed by atoms with Crippen molar-refractivity contribution >= 4 is 11.9 Å². The molecule has 0 spiro atoms. The van der Waals surface area contributed by atoms with Crippen LogP contribution >= 0.6 is 0 Å². The number of carbonyl (C=O) groups is 2. The number of allylic oxidation sites excluding steroid dienone is 2. The van der Waals surface area contributed by atoms with Crippen LogP contribution in [0.3, 0.4) is 0 Å². The van der Waals surface area contributed by atoms with E-state index in [0.717, 1.165) is 0 Å². The Labute approximate surface area is 186 Å². The molecule has 0 aliphatic heterocycles. The van der Waals surface area contributed by atoms with Crippen molar-refractivity contribution in [3.63, 3.8) is 0 Å². The average Bonchev–Trinajstić information content (AvgIpc) is 3.75. The van der Waals surface area contributed by atoms with Crippen LogP contribution in [0.2, 0.25) is 0 Å². The van der Waals surface area contributed by atoms with E-state index in [2.05, 4.69) is 48.5 Å². The molecule has 10 atom stereocenters. The Bertz CT molecular complexity index is 1100. The molecule has 8 aliphatic carbocycles. The monoisotopic (exact) mass is 424 g/mol. The Kier molecular flexibility index (Phi) is 3.05. The maximum atomic E-state index is 12.8. The molecule has 2 unspecified atom stereocenters. The average molecular weight is 424 g/mol. The van der Waals surface area contributed by atoms with Gasteiger partial charge < -0.3 is 9.47 Å². The molecular formula is C28H24O4. The van der Waals surface area contributed by atoms with E-state index in [1.807, 2.05) is 0 Å². The van der Waals surface area contributed by atoms with Crippen LogP contribution in [-0.4, -0.2) is 26.2 Å². The number of carbonyl (C=O) groups excluding carboxylic acids is 2. The first-order chi connectivity index (χ1) is 15.7. The van der Waals surface area contributed by atoms with Gasteiger partial charge in [0.1, 0.15) is 0 Å². The molecule has 0 heterocycles.